The molecule has 3 rings (SSSR count). The fraction of sp³-hybridized carbons (Fsp3) is 0.375. The van der Waals surface area contributed by atoms with E-state index in [4.69, 9.17) is 10.5 Å². The second-order valence-electron chi connectivity index (χ2n) is 5.35. The molecule has 1 aliphatic rings. The Hall–Kier alpha value is -1.42. The van der Waals surface area contributed by atoms with E-state index >= 15 is 0 Å². The first-order valence-electron chi connectivity index (χ1n) is 6.73. The molecular weight excluding hydrogens is 236 g/mol. The minimum absolute atomic E-state index is 0.0267. The van der Waals surface area contributed by atoms with Crippen molar-refractivity contribution in [2.24, 2.45) is 11.1 Å². The smallest absolute Gasteiger partial charge is 0.0575 e. The molecule has 1 aliphatic heterocycles. The van der Waals surface area contributed by atoms with Crippen LogP contribution < -0.4 is 11.1 Å². The lowest BCUT2D eigenvalue weighted by molar-refractivity contribution is -0.126. The monoisotopic (exact) mass is 256 g/mol. The highest BCUT2D eigenvalue weighted by Crippen LogP contribution is 2.41. The lowest BCUT2D eigenvalue weighted by Gasteiger charge is -2.46. The van der Waals surface area contributed by atoms with Gasteiger partial charge in [-0.05, 0) is 23.4 Å². The molecule has 19 heavy (non-hydrogen) atoms. The van der Waals surface area contributed by atoms with Gasteiger partial charge in [-0.3, -0.25) is 0 Å². The van der Waals surface area contributed by atoms with Crippen molar-refractivity contribution in [2.45, 2.75) is 6.04 Å². The summed E-state index contributed by atoms with van der Waals surface area (Å²) in [5, 5.41) is 6.01. The molecule has 1 heterocycles. The summed E-state index contributed by atoms with van der Waals surface area (Å²) in [6, 6.07) is 15.2. The van der Waals surface area contributed by atoms with Crippen LogP contribution >= 0.6 is 0 Å². The number of ether oxygens (including phenoxy) is 1. The molecule has 3 heteroatoms. The summed E-state index contributed by atoms with van der Waals surface area (Å²) in [7, 11) is 2.00. The van der Waals surface area contributed by atoms with Crippen LogP contribution in [-0.4, -0.2) is 26.8 Å². The number of hydrogen-bond donors (Lipinski definition) is 2. The van der Waals surface area contributed by atoms with Crippen molar-refractivity contribution in [1.29, 1.82) is 0 Å². The van der Waals surface area contributed by atoms with E-state index in [0.717, 1.165) is 13.2 Å². The van der Waals surface area contributed by atoms with Crippen LogP contribution in [0, 0.1) is 5.41 Å². The quantitative estimate of drug-likeness (QED) is 0.880. The first-order chi connectivity index (χ1) is 9.30. The summed E-state index contributed by atoms with van der Waals surface area (Å²) < 4.78 is 5.43. The maximum atomic E-state index is 6.01. The molecule has 0 saturated carbocycles. The summed E-state index contributed by atoms with van der Waals surface area (Å²) >= 11 is 0. The van der Waals surface area contributed by atoms with E-state index < -0.39 is 0 Å². The van der Waals surface area contributed by atoms with Crippen LogP contribution in [0.25, 0.3) is 10.8 Å². The highest BCUT2D eigenvalue weighted by Gasteiger charge is 2.45. The average molecular weight is 256 g/mol. The highest BCUT2D eigenvalue weighted by atomic mass is 16.5. The van der Waals surface area contributed by atoms with Crippen LogP contribution in [0.15, 0.2) is 42.5 Å². The molecule has 2 aromatic rings. The molecule has 1 atom stereocenters. The Morgan fingerprint density at radius 3 is 2.58 bits per heavy atom. The third kappa shape index (κ3) is 1.94. The fourth-order valence-corrected chi connectivity index (χ4v) is 3.06. The molecule has 2 aromatic carbocycles. The summed E-state index contributed by atoms with van der Waals surface area (Å²) in [6.45, 7) is 2.11. The van der Waals surface area contributed by atoms with E-state index in [-0.39, 0.29) is 11.5 Å². The molecule has 0 amide bonds. The predicted octanol–water partition coefficient (Wildman–Crippen LogP) is 2.08. The van der Waals surface area contributed by atoms with Gasteiger partial charge in [-0.2, -0.15) is 0 Å². The zero-order valence-corrected chi connectivity index (χ0v) is 11.2. The van der Waals surface area contributed by atoms with Crippen molar-refractivity contribution in [2.75, 3.05) is 26.8 Å². The standard InChI is InChI=1S/C16H20N2O/c1-18-15(16(9-17)10-19-11-16)14-8-4-6-12-5-2-3-7-13(12)14/h2-8,15,18H,9-11,17H2,1H3. The SMILES string of the molecule is CNC(c1cccc2ccccc12)C1(CN)COC1. The van der Waals surface area contributed by atoms with E-state index in [1.54, 1.807) is 0 Å². The number of benzene rings is 2. The third-order valence-electron chi connectivity index (χ3n) is 4.22. The second-order valence-corrected chi connectivity index (χ2v) is 5.35. The van der Waals surface area contributed by atoms with Gasteiger partial charge < -0.3 is 15.8 Å². The zero-order chi connectivity index (χ0) is 13.3. The Bertz CT molecular complexity index is 567. The van der Waals surface area contributed by atoms with Gasteiger partial charge in [-0.1, -0.05) is 42.5 Å². The van der Waals surface area contributed by atoms with Gasteiger partial charge in [0, 0.05) is 18.0 Å². The maximum absolute atomic E-state index is 6.01. The summed E-state index contributed by atoms with van der Waals surface area (Å²) in [6.07, 6.45) is 0. The molecule has 0 aliphatic carbocycles. The Kier molecular flexibility index (Phi) is 3.27. The van der Waals surface area contributed by atoms with Gasteiger partial charge in [-0.15, -0.1) is 0 Å². The molecule has 1 fully saturated rings. The van der Waals surface area contributed by atoms with E-state index in [0.29, 0.717) is 6.54 Å². The number of rotatable bonds is 4. The van der Waals surface area contributed by atoms with Gasteiger partial charge in [0.25, 0.3) is 0 Å². The Labute approximate surface area is 113 Å². The minimum atomic E-state index is 0.0267. The second kappa shape index (κ2) is 4.93. The van der Waals surface area contributed by atoms with Crippen molar-refractivity contribution in [3.05, 3.63) is 48.0 Å². The molecule has 3 nitrogen and oxygen atoms in total. The molecule has 1 unspecified atom stereocenters. The Morgan fingerprint density at radius 2 is 1.95 bits per heavy atom. The molecule has 0 bridgehead atoms. The van der Waals surface area contributed by atoms with Gasteiger partial charge in [0.2, 0.25) is 0 Å². The average Bonchev–Trinajstić information content (AvgIpc) is 2.42. The molecule has 3 N–H and O–H groups in total. The van der Waals surface area contributed by atoms with E-state index in [1.165, 1.54) is 16.3 Å². The van der Waals surface area contributed by atoms with Crippen molar-refractivity contribution in [3.63, 3.8) is 0 Å². The lowest BCUT2D eigenvalue weighted by Crippen LogP contribution is -2.55. The van der Waals surface area contributed by atoms with Gasteiger partial charge in [0.05, 0.1) is 13.2 Å². The minimum Gasteiger partial charge on any atom is -0.380 e. The van der Waals surface area contributed by atoms with Crippen LogP contribution in [-0.2, 0) is 4.74 Å². The first kappa shape index (κ1) is 12.6. The molecule has 0 aromatic heterocycles. The number of nitrogens with one attached hydrogen (secondary N) is 1. The van der Waals surface area contributed by atoms with Crippen molar-refractivity contribution >= 4 is 10.8 Å². The van der Waals surface area contributed by atoms with Crippen LogP contribution in [0.4, 0.5) is 0 Å². The normalized spacial score (nSPS) is 19.1. The molecule has 0 spiro atoms. The van der Waals surface area contributed by atoms with Gasteiger partial charge >= 0.3 is 0 Å². The van der Waals surface area contributed by atoms with Crippen molar-refractivity contribution in [3.8, 4) is 0 Å². The van der Waals surface area contributed by atoms with Crippen LogP contribution in [0.3, 0.4) is 0 Å². The maximum Gasteiger partial charge on any atom is 0.0575 e. The van der Waals surface area contributed by atoms with E-state index in [1.807, 2.05) is 7.05 Å². The van der Waals surface area contributed by atoms with Crippen molar-refractivity contribution in [1.82, 2.24) is 5.32 Å². The molecule has 0 radical (unpaired) electrons. The Morgan fingerprint density at radius 1 is 1.21 bits per heavy atom. The lowest BCUT2D eigenvalue weighted by atomic mass is 9.74. The van der Waals surface area contributed by atoms with Gasteiger partial charge in [-0.25, -0.2) is 0 Å². The molecule has 100 valence electrons. The van der Waals surface area contributed by atoms with E-state index in [9.17, 15) is 0 Å². The van der Waals surface area contributed by atoms with Crippen LogP contribution in [0.5, 0.6) is 0 Å². The first-order valence-corrected chi connectivity index (χ1v) is 6.73. The summed E-state index contributed by atoms with van der Waals surface area (Å²) in [5.41, 5.74) is 7.35. The fourth-order valence-electron chi connectivity index (χ4n) is 3.06. The molecular formula is C16H20N2O. The van der Waals surface area contributed by atoms with E-state index in [2.05, 4.69) is 47.8 Å². The topological polar surface area (TPSA) is 47.3 Å². The number of hydrogen-bond acceptors (Lipinski definition) is 3. The highest BCUT2D eigenvalue weighted by molar-refractivity contribution is 5.86. The molecule has 1 saturated heterocycles. The third-order valence-corrected chi connectivity index (χ3v) is 4.22. The van der Waals surface area contributed by atoms with Crippen molar-refractivity contribution < 1.29 is 4.74 Å². The Balaban J connectivity index is 2.11. The largest absolute Gasteiger partial charge is 0.380 e. The zero-order valence-electron chi connectivity index (χ0n) is 11.2. The number of nitrogens with two attached hydrogens (primary N) is 1. The van der Waals surface area contributed by atoms with Crippen LogP contribution in [0.2, 0.25) is 0 Å². The van der Waals surface area contributed by atoms with Crippen LogP contribution in [0.1, 0.15) is 11.6 Å². The van der Waals surface area contributed by atoms with Gasteiger partial charge in [0.15, 0.2) is 0 Å². The summed E-state index contributed by atoms with van der Waals surface area (Å²) in [4.78, 5) is 0. The van der Waals surface area contributed by atoms with Gasteiger partial charge in [0.1, 0.15) is 0 Å². The predicted molar refractivity (Wildman–Crippen MR) is 78.1 cm³/mol. The number of fused-ring (bicyclic) bond motifs is 1. The summed E-state index contributed by atoms with van der Waals surface area (Å²) in [5.74, 6) is 0.